The van der Waals surface area contributed by atoms with Crippen molar-refractivity contribution in [2.45, 2.75) is 19.3 Å². The van der Waals surface area contributed by atoms with Crippen LogP contribution in [0.15, 0.2) is 24.3 Å². The number of hydrogen-bond acceptors (Lipinski definition) is 4. The number of aliphatic carboxylic acids is 1. The van der Waals surface area contributed by atoms with Crippen LogP contribution in [-0.2, 0) is 9.53 Å². The molecule has 4 rings (SSSR count). The quantitative estimate of drug-likeness (QED) is 0.884. The average Bonchev–Trinajstić information content (AvgIpc) is 3.36. The van der Waals surface area contributed by atoms with Crippen LogP contribution in [0.4, 0.5) is 0 Å². The topological polar surface area (TPSA) is 76.1 Å². The molecule has 3 fully saturated rings. The number of amides is 1. The maximum absolute atomic E-state index is 13.0. The van der Waals surface area contributed by atoms with Crippen LogP contribution in [0, 0.1) is 17.3 Å². The first-order chi connectivity index (χ1) is 12.1. The van der Waals surface area contributed by atoms with E-state index in [2.05, 4.69) is 0 Å². The summed E-state index contributed by atoms with van der Waals surface area (Å²) in [5.74, 6) is 0.0678. The van der Waals surface area contributed by atoms with E-state index in [1.165, 1.54) is 12.8 Å². The zero-order chi connectivity index (χ0) is 17.4. The number of rotatable bonds is 5. The molecule has 0 radical (unpaired) electrons. The van der Waals surface area contributed by atoms with Crippen molar-refractivity contribution in [1.29, 1.82) is 0 Å². The van der Waals surface area contributed by atoms with Crippen molar-refractivity contribution in [2.24, 2.45) is 17.3 Å². The van der Waals surface area contributed by atoms with Gasteiger partial charge in [-0.1, -0.05) is 12.1 Å². The summed E-state index contributed by atoms with van der Waals surface area (Å²) in [5.41, 5.74) is -0.360. The Morgan fingerprint density at radius 1 is 1.32 bits per heavy atom. The standard InChI is InChI=1S/C19H23NO5/c21-17(15-3-1-2-4-16(15)25-10-13-5-6-13)20-9-14-11-24-8-7-19(14,12-20)18(22)23/h1-4,13-14H,5-12H2,(H,22,23)/t14-,19+/m0/s1. The van der Waals surface area contributed by atoms with Gasteiger partial charge in [0.05, 0.1) is 24.2 Å². The summed E-state index contributed by atoms with van der Waals surface area (Å²) in [6, 6.07) is 7.25. The molecule has 6 nitrogen and oxygen atoms in total. The van der Waals surface area contributed by atoms with Gasteiger partial charge in [0.1, 0.15) is 5.75 Å². The molecule has 1 saturated carbocycles. The Morgan fingerprint density at radius 3 is 2.84 bits per heavy atom. The molecule has 1 aliphatic carbocycles. The molecule has 2 atom stereocenters. The minimum atomic E-state index is -0.877. The van der Waals surface area contributed by atoms with E-state index in [9.17, 15) is 14.7 Å². The van der Waals surface area contributed by atoms with Gasteiger partial charge in [-0.2, -0.15) is 0 Å². The van der Waals surface area contributed by atoms with Crippen molar-refractivity contribution in [2.75, 3.05) is 32.9 Å². The van der Waals surface area contributed by atoms with Gasteiger partial charge in [0.15, 0.2) is 0 Å². The van der Waals surface area contributed by atoms with Crippen molar-refractivity contribution in [3.8, 4) is 5.75 Å². The number of likely N-dealkylation sites (tertiary alicyclic amines) is 1. The van der Waals surface area contributed by atoms with E-state index in [0.717, 1.165) is 0 Å². The Hall–Kier alpha value is -2.08. The number of ether oxygens (including phenoxy) is 2. The molecule has 1 aromatic carbocycles. The summed E-state index contributed by atoms with van der Waals surface area (Å²) in [7, 11) is 0. The van der Waals surface area contributed by atoms with Crippen LogP contribution in [0.2, 0.25) is 0 Å². The van der Waals surface area contributed by atoms with Gasteiger partial charge in [0, 0.05) is 25.6 Å². The van der Waals surface area contributed by atoms with E-state index in [0.29, 0.717) is 50.0 Å². The zero-order valence-electron chi connectivity index (χ0n) is 14.1. The molecule has 25 heavy (non-hydrogen) atoms. The maximum Gasteiger partial charge on any atom is 0.311 e. The van der Waals surface area contributed by atoms with Gasteiger partial charge in [-0.3, -0.25) is 9.59 Å². The number of carbonyl (C=O) groups is 2. The molecular weight excluding hydrogens is 322 g/mol. The number of para-hydroxylation sites is 1. The fourth-order valence-corrected chi connectivity index (χ4v) is 3.89. The average molecular weight is 345 g/mol. The molecule has 2 saturated heterocycles. The summed E-state index contributed by atoms with van der Waals surface area (Å²) >= 11 is 0. The highest BCUT2D eigenvalue weighted by atomic mass is 16.5. The second kappa shape index (κ2) is 6.33. The molecule has 0 aromatic heterocycles. The van der Waals surface area contributed by atoms with Gasteiger partial charge in [-0.15, -0.1) is 0 Å². The summed E-state index contributed by atoms with van der Waals surface area (Å²) < 4.78 is 11.3. The number of carboxylic acids is 1. The highest BCUT2D eigenvalue weighted by molar-refractivity contribution is 5.97. The predicted octanol–water partition coefficient (Wildman–Crippen LogP) is 2.04. The number of hydrogen-bond donors (Lipinski definition) is 1. The molecule has 2 heterocycles. The molecule has 1 aromatic rings. The van der Waals surface area contributed by atoms with Gasteiger partial charge < -0.3 is 19.5 Å². The molecule has 3 aliphatic rings. The van der Waals surface area contributed by atoms with Gasteiger partial charge in [-0.05, 0) is 37.3 Å². The Bertz CT molecular complexity index is 686. The van der Waals surface area contributed by atoms with Crippen LogP contribution < -0.4 is 4.74 Å². The first-order valence-electron chi connectivity index (χ1n) is 8.92. The molecule has 0 unspecified atom stereocenters. The third kappa shape index (κ3) is 2.99. The largest absolute Gasteiger partial charge is 0.492 e. The van der Waals surface area contributed by atoms with Crippen molar-refractivity contribution in [3.63, 3.8) is 0 Å². The van der Waals surface area contributed by atoms with Crippen molar-refractivity contribution >= 4 is 11.9 Å². The lowest BCUT2D eigenvalue weighted by Crippen LogP contribution is -2.45. The number of carboxylic acid groups (broad SMARTS) is 1. The summed E-state index contributed by atoms with van der Waals surface area (Å²) in [4.78, 5) is 26.6. The van der Waals surface area contributed by atoms with Gasteiger partial charge in [-0.25, -0.2) is 0 Å². The summed E-state index contributed by atoms with van der Waals surface area (Å²) in [5, 5.41) is 9.76. The highest BCUT2D eigenvalue weighted by Gasteiger charge is 2.55. The van der Waals surface area contributed by atoms with Crippen LogP contribution in [-0.4, -0.2) is 54.8 Å². The smallest absolute Gasteiger partial charge is 0.311 e. The van der Waals surface area contributed by atoms with Crippen molar-refractivity contribution in [3.05, 3.63) is 29.8 Å². The Kier molecular flexibility index (Phi) is 4.15. The van der Waals surface area contributed by atoms with Crippen LogP contribution in [0.25, 0.3) is 0 Å². The van der Waals surface area contributed by atoms with E-state index in [1.54, 1.807) is 11.0 Å². The Balaban J connectivity index is 1.54. The minimum Gasteiger partial charge on any atom is -0.492 e. The predicted molar refractivity (Wildman–Crippen MR) is 89.6 cm³/mol. The van der Waals surface area contributed by atoms with Gasteiger partial charge >= 0.3 is 5.97 Å². The molecule has 2 aliphatic heterocycles. The lowest BCUT2D eigenvalue weighted by molar-refractivity contribution is -0.157. The molecule has 6 heteroatoms. The monoisotopic (exact) mass is 345 g/mol. The molecular formula is C19H23NO5. The van der Waals surface area contributed by atoms with E-state index < -0.39 is 11.4 Å². The third-order valence-electron chi connectivity index (χ3n) is 5.71. The SMILES string of the molecule is O=C(c1ccccc1OCC1CC1)N1C[C@H]2COCC[C@@]2(C(=O)O)C1. The third-order valence-corrected chi connectivity index (χ3v) is 5.71. The van der Waals surface area contributed by atoms with Gasteiger partial charge in [0.2, 0.25) is 0 Å². The van der Waals surface area contributed by atoms with E-state index in [-0.39, 0.29) is 18.4 Å². The first kappa shape index (κ1) is 16.4. The number of nitrogens with zero attached hydrogens (tertiary/aromatic N) is 1. The van der Waals surface area contributed by atoms with Crippen LogP contribution in [0.5, 0.6) is 5.75 Å². The highest BCUT2D eigenvalue weighted by Crippen LogP contribution is 2.43. The number of carbonyl (C=O) groups excluding carboxylic acids is 1. The van der Waals surface area contributed by atoms with Crippen molar-refractivity contribution < 1.29 is 24.2 Å². The van der Waals surface area contributed by atoms with Crippen molar-refractivity contribution in [1.82, 2.24) is 4.90 Å². The molecule has 0 spiro atoms. The Labute approximate surface area is 146 Å². The molecule has 1 amide bonds. The first-order valence-corrected chi connectivity index (χ1v) is 8.92. The Morgan fingerprint density at radius 2 is 2.12 bits per heavy atom. The van der Waals surface area contributed by atoms with E-state index in [4.69, 9.17) is 9.47 Å². The summed E-state index contributed by atoms with van der Waals surface area (Å²) in [6.45, 7) is 2.13. The number of fused-ring (bicyclic) bond motifs is 1. The zero-order valence-corrected chi connectivity index (χ0v) is 14.1. The lowest BCUT2D eigenvalue weighted by atomic mass is 9.74. The molecule has 0 bridgehead atoms. The lowest BCUT2D eigenvalue weighted by Gasteiger charge is -2.33. The maximum atomic E-state index is 13.0. The van der Waals surface area contributed by atoms with Crippen LogP contribution in [0.3, 0.4) is 0 Å². The number of benzene rings is 1. The van der Waals surface area contributed by atoms with Gasteiger partial charge in [0.25, 0.3) is 5.91 Å². The van der Waals surface area contributed by atoms with Crippen LogP contribution >= 0.6 is 0 Å². The normalized spacial score (nSPS) is 28.5. The minimum absolute atomic E-state index is 0.151. The molecule has 1 N–H and O–H groups in total. The second-order valence-corrected chi connectivity index (χ2v) is 7.42. The van der Waals surface area contributed by atoms with E-state index >= 15 is 0 Å². The fraction of sp³-hybridized carbons (Fsp3) is 0.579. The summed E-state index contributed by atoms with van der Waals surface area (Å²) in [6.07, 6.45) is 2.83. The second-order valence-electron chi connectivity index (χ2n) is 7.42. The van der Waals surface area contributed by atoms with E-state index in [1.807, 2.05) is 18.2 Å². The fourth-order valence-electron chi connectivity index (χ4n) is 3.89. The van der Waals surface area contributed by atoms with Crippen LogP contribution in [0.1, 0.15) is 29.6 Å². The molecule has 134 valence electrons.